The van der Waals surface area contributed by atoms with Crippen molar-refractivity contribution in [3.05, 3.63) is 18.2 Å². The van der Waals surface area contributed by atoms with Crippen LogP contribution in [0.15, 0.2) is 23.1 Å². The van der Waals surface area contributed by atoms with Gasteiger partial charge in [-0.05, 0) is 25.0 Å². The van der Waals surface area contributed by atoms with Gasteiger partial charge in [-0.2, -0.15) is 4.31 Å². The highest BCUT2D eigenvalue weighted by atomic mass is 32.2. The summed E-state index contributed by atoms with van der Waals surface area (Å²) in [6.45, 7) is 1.01. The Morgan fingerprint density at radius 1 is 1.24 bits per heavy atom. The van der Waals surface area contributed by atoms with Gasteiger partial charge in [-0.25, -0.2) is 8.42 Å². The van der Waals surface area contributed by atoms with Gasteiger partial charge in [0.25, 0.3) is 0 Å². The molecular weight excluding hydrogens is 346 g/mol. The second-order valence-electron chi connectivity index (χ2n) is 5.80. The second-order valence-corrected chi connectivity index (χ2v) is 7.74. The quantitative estimate of drug-likeness (QED) is 0.714. The van der Waals surface area contributed by atoms with E-state index in [-0.39, 0.29) is 23.3 Å². The molecule has 1 fully saturated rings. The zero-order valence-electron chi connectivity index (χ0n) is 14.5. The van der Waals surface area contributed by atoms with Crippen LogP contribution in [0.1, 0.15) is 19.3 Å². The Balaban J connectivity index is 2.05. The molecule has 0 aliphatic carbocycles. The number of nitrogens with two attached hydrogens (primary N) is 1. The molecule has 8 nitrogen and oxygen atoms in total. The summed E-state index contributed by atoms with van der Waals surface area (Å²) in [6.07, 6.45) is 1.43. The molecule has 9 heteroatoms. The number of rotatable bonds is 7. The van der Waals surface area contributed by atoms with E-state index in [2.05, 4.69) is 5.32 Å². The summed E-state index contributed by atoms with van der Waals surface area (Å²) in [4.78, 5) is 11.8. The van der Waals surface area contributed by atoms with E-state index in [1.165, 1.54) is 30.7 Å². The Hall–Kier alpha value is -1.84. The van der Waals surface area contributed by atoms with Crippen LogP contribution in [0.3, 0.4) is 0 Å². The standard InChI is InChI=1S/C16H25N3O5S/c1-23-14-4-3-13(11-15(14)24-2)25(21,22)19-9-6-12(7-10-19)18-16(20)5-8-17/h3-4,11-12H,5-10,17H2,1-2H3,(H,18,20). The number of nitrogens with zero attached hydrogens (tertiary/aromatic N) is 1. The number of benzene rings is 1. The zero-order chi connectivity index (χ0) is 18.4. The van der Waals surface area contributed by atoms with Gasteiger partial charge in [0.1, 0.15) is 0 Å². The molecule has 1 amide bonds. The summed E-state index contributed by atoms with van der Waals surface area (Å²) < 4.78 is 37.4. The lowest BCUT2D eigenvalue weighted by atomic mass is 10.1. The Labute approximate surface area is 148 Å². The largest absolute Gasteiger partial charge is 0.493 e. The predicted octanol–water partition coefficient (Wildman–Crippen LogP) is 0.322. The fourth-order valence-electron chi connectivity index (χ4n) is 2.80. The minimum Gasteiger partial charge on any atom is -0.493 e. The topological polar surface area (TPSA) is 111 Å². The molecule has 0 atom stereocenters. The maximum atomic E-state index is 12.8. The van der Waals surface area contributed by atoms with Gasteiger partial charge in [0.05, 0.1) is 19.1 Å². The molecule has 0 aromatic heterocycles. The number of carbonyl (C=O) groups excluding carboxylic acids is 1. The van der Waals surface area contributed by atoms with Crippen molar-refractivity contribution < 1.29 is 22.7 Å². The van der Waals surface area contributed by atoms with Crippen LogP contribution < -0.4 is 20.5 Å². The van der Waals surface area contributed by atoms with Crippen molar-refractivity contribution >= 4 is 15.9 Å². The number of carbonyl (C=O) groups is 1. The molecule has 25 heavy (non-hydrogen) atoms. The number of hydrogen-bond acceptors (Lipinski definition) is 6. The summed E-state index contributed by atoms with van der Waals surface area (Å²) >= 11 is 0. The van der Waals surface area contributed by atoms with Gasteiger partial charge in [-0.3, -0.25) is 4.79 Å². The van der Waals surface area contributed by atoms with Crippen LogP contribution >= 0.6 is 0 Å². The van der Waals surface area contributed by atoms with Gasteiger partial charge >= 0.3 is 0 Å². The molecule has 3 N–H and O–H groups in total. The van der Waals surface area contributed by atoms with E-state index in [4.69, 9.17) is 15.2 Å². The van der Waals surface area contributed by atoms with Gasteiger partial charge in [0.15, 0.2) is 11.5 Å². The number of amides is 1. The molecule has 1 aliphatic heterocycles. The third-order valence-electron chi connectivity index (χ3n) is 4.18. The summed E-state index contributed by atoms with van der Waals surface area (Å²) in [6, 6.07) is 4.52. The SMILES string of the molecule is COc1ccc(S(=O)(=O)N2CCC(NC(=O)CCN)CC2)cc1OC. The van der Waals surface area contributed by atoms with E-state index in [9.17, 15) is 13.2 Å². The average Bonchev–Trinajstić information content (AvgIpc) is 2.61. The Kier molecular flexibility index (Phi) is 6.63. The number of hydrogen-bond donors (Lipinski definition) is 2. The van der Waals surface area contributed by atoms with Crippen LogP contribution in [0.5, 0.6) is 11.5 Å². The van der Waals surface area contributed by atoms with Gasteiger partial charge in [0, 0.05) is 38.2 Å². The molecule has 1 aromatic rings. The molecular formula is C16H25N3O5S. The van der Waals surface area contributed by atoms with Crippen LogP contribution in [0.2, 0.25) is 0 Å². The molecule has 0 unspecified atom stereocenters. The van der Waals surface area contributed by atoms with E-state index in [1.807, 2.05) is 0 Å². The smallest absolute Gasteiger partial charge is 0.243 e. The van der Waals surface area contributed by atoms with Crippen LogP contribution in [0.25, 0.3) is 0 Å². The average molecular weight is 371 g/mol. The molecule has 140 valence electrons. The van der Waals surface area contributed by atoms with Crippen LogP contribution in [-0.4, -0.2) is 58.5 Å². The van der Waals surface area contributed by atoms with Crippen molar-refractivity contribution in [3.63, 3.8) is 0 Å². The van der Waals surface area contributed by atoms with Crippen LogP contribution in [0.4, 0.5) is 0 Å². The monoisotopic (exact) mass is 371 g/mol. The highest BCUT2D eigenvalue weighted by molar-refractivity contribution is 7.89. The Morgan fingerprint density at radius 2 is 1.88 bits per heavy atom. The number of piperidine rings is 1. The third-order valence-corrected chi connectivity index (χ3v) is 6.08. The fraction of sp³-hybridized carbons (Fsp3) is 0.562. The first-order chi connectivity index (χ1) is 11.9. The lowest BCUT2D eigenvalue weighted by Gasteiger charge is -2.31. The summed E-state index contributed by atoms with van der Waals surface area (Å²) in [5.41, 5.74) is 5.35. The molecule has 0 bridgehead atoms. The zero-order valence-corrected chi connectivity index (χ0v) is 15.3. The van der Waals surface area contributed by atoms with Crippen molar-refractivity contribution in [2.24, 2.45) is 5.73 Å². The molecule has 0 saturated carbocycles. The number of methoxy groups -OCH3 is 2. The summed E-state index contributed by atoms with van der Waals surface area (Å²) in [5, 5.41) is 2.89. The first-order valence-electron chi connectivity index (χ1n) is 8.14. The molecule has 1 aliphatic rings. The van der Waals surface area contributed by atoms with Gasteiger partial charge < -0.3 is 20.5 Å². The lowest BCUT2D eigenvalue weighted by Crippen LogP contribution is -2.46. The predicted molar refractivity (Wildman–Crippen MR) is 93.1 cm³/mol. The first-order valence-corrected chi connectivity index (χ1v) is 9.58. The summed E-state index contributed by atoms with van der Waals surface area (Å²) in [7, 11) is -0.659. The van der Waals surface area contributed by atoms with Crippen molar-refractivity contribution in [3.8, 4) is 11.5 Å². The highest BCUT2D eigenvalue weighted by Crippen LogP contribution is 2.31. The minimum absolute atomic E-state index is 0.0177. The molecule has 1 saturated heterocycles. The summed E-state index contributed by atoms with van der Waals surface area (Å²) in [5.74, 6) is 0.749. The van der Waals surface area contributed by atoms with E-state index >= 15 is 0 Å². The maximum Gasteiger partial charge on any atom is 0.243 e. The third kappa shape index (κ3) is 4.62. The van der Waals surface area contributed by atoms with Crippen molar-refractivity contribution in [1.82, 2.24) is 9.62 Å². The van der Waals surface area contributed by atoms with Gasteiger partial charge in [-0.1, -0.05) is 0 Å². The van der Waals surface area contributed by atoms with E-state index < -0.39 is 10.0 Å². The lowest BCUT2D eigenvalue weighted by molar-refractivity contribution is -0.121. The van der Waals surface area contributed by atoms with Crippen molar-refractivity contribution in [2.45, 2.75) is 30.2 Å². The van der Waals surface area contributed by atoms with Crippen molar-refractivity contribution in [1.29, 1.82) is 0 Å². The molecule has 0 spiro atoms. The molecule has 0 radical (unpaired) electrons. The van der Waals surface area contributed by atoms with E-state index in [0.29, 0.717) is 44.0 Å². The maximum absolute atomic E-state index is 12.8. The number of nitrogens with one attached hydrogen (secondary N) is 1. The van der Waals surface area contributed by atoms with E-state index in [1.54, 1.807) is 6.07 Å². The van der Waals surface area contributed by atoms with Gasteiger partial charge in [-0.15, -0.1) is 0 Å². The molecule has 2 rings (SSSR count). The Morgan fingerprint density at radius 3 is 2.44 bits per heavy atom. The van der Waals surface area contributed by atoms with Gasteiger partial charge in [0.2, 0.25) is 15.9 Å². The minimum atomic E-state index is -3.62. The van der Waals surface area contributed by atoms with Crippen LogP contribution in [0, 0.1) is 0 Å². The number of sulfonamides is 1. The van der Waals surface area contributed by atoms with Crippen LogP contribution in [-0.2, 0) is 14.8 Å². The second kappa shape index (κ2) is 8.50. The van der Waals surface area contributed by atoms with Crippen molar-refractivity contribution in [2.75, 3.05) is 33.9 Å². The highest BCUT2D eigenvalue weighted by Gasteiger charge is 2.30. The molecule has 1 aromatic carbocycles. The fourth-order valence-corrected chi connectivity index (χ4v) is 4.28. The normalized spacial score (nSPS) is 16.4. The number of ether oxygens (including phenoxy) is 2. The first kappa shape index (κ1) is 19.5. The molecule has 1 heterocycles. The van der Waals surface area contributed by atoms with E-state index in [0.717, 1.165) is 0 Å². The Bertz CT molecular complexity index is 700.